The van der Waals surface area contributed by atoms with Gasteiger partial charge in [-0.25, -0.2) is 0 Å². The maximum absolute atomic E-state index is 10.0. The molecule has 0 aliphatic heterocycles. The van der Waals surface area contributed by atoms with Gasteiger partial charge in [0.25, 0.3) is 0 Å². The first-order valence-corrected chi connectivity index (χ1v) is 7.38. The number of anilines is 1. The van der Waals surface area contributed by atoms with E-state index in [-0.39, 0.29) is 0 Å². The van der Waals surface area contributed by atoms with Crippen molar-refractivity contribution in [3.8, 4) is 5.75 Å². The number of hydrogen-bond donors (Lipinski definition) is 2. The molecule has 104 valence electrons. The minimum absolute atomic E-state index is 0.352. The Hall–Kier alpha value is -1.44. The van der Waals surface area contributed by atoms with E-state index in [1.54, 1.807) is 6.07 Å². The van der Waals surface area contributed by atoms with Gasteiger partial charge in [-0.15, -0.1) is 6.58 Å². The number of hydrogen-bond acceptors (Lipinski definition) is 2. The highest BCUT2D eigenvalue weighted by molar-refractivity contribution is 5.61. The van der Waals surface area contributed by atoms with Crippen molar-refractivity contribution in [2.24, 2.45) is 5.92 Å². The molecule has 2 N–H and O–H groups in total. The van der Waals surface area contributed by atoms with Gasteiger partial charge in [0.05, 0.1) is 5.69 Å². The van der Waals surface area contributed by atoms with Crippen LogP contribution in [0.1, 0.15) is 44.1 Å². The van der Waals surface area contributed by atoms with Crippen molar-refractivity contribution in [3.63, 3.8) is 0 Å². The molecule has 0 heterocycles. The molecule has 1 aromatic carbocycles. The molecule has 0 saturated heterocycles. The maximum Gasteiger partial charge on any atom is 0.138 e. The third kappa shape index (κ3) is 3.52. The Morgan fingerprint density at radius 3 is 2.74 bits per heavy atom. The smallest absolute Gasteiger partial charge is 0.138 e. The number of nitrogens with one attached hydrogen (secondary N) is 1. The van der Waals surface area contributed by atoms with Crippen LogP contribution in [-0.4, -0.2) is 11.1 Å². The van der Waals surface area contributed by atoms with Crippen LogP contribution in [0.15, 0.2) is 30.9 Å². The molecule has 2 heteroatoms. The first kappa shape index (κ1) is 14.0. The van der Waals surface area contributed by atoms with Gasteiger partial charge in [0.2, 0.25) is 0 Å². The number of aryl methyl sites for hydroxylation is 1. The van der Waals surface area contributed by atoms with Crippen LogP contribution in [0.25, 0.3) is 0 Å². The average molecular weight is 259 g/mol. The Morgan fingerprint density at radius 1 is 1.37 bits per heavy atom. The van der Waals surface area contributed by atoms with E-state index < -0.39 is 0 Å². The van der Waals surface area contributed by atoms with Crippen LogP contribution in [0.3, 0.4) is 0 Å². The van der Waals surface area contributed by atoms with E-state index in [1.165, 1.54) is 32.1 Å². The Kier molecular flexibility index (Phi) is 4.89. The van der Waals surface area contributed by atoms with Crippen LogP contribution in [0.2, 0.25) is 0 Å². The molecule has 19 heavy (non-hydrogen) atoms. The predicted octanol–water partition coefficient (Wildman–Crippen LogP) is 4.64. The minimum Gasteiger partial charge on any atom is -0.506 e. The molecule has 1 atom stereocenters. The van der Waals surface area contributed by atoms with Gasteiger partial charge in [-0.3, -0.25) is 0 Å². The minimum atomic E-state index is 0.352. The quantitative estimate of drug-likeness (QED) is 0.596. The number of rotatable bonds is 5. The summed E-state index contributed by atoms with van der Waals surface area (Å²) >= 11 is 0. The van der Waals surface area contributed by atoms with Crippen molar-refractivity contribution >= 4 is 5.69 Å². The lowest BCUT2D eigenvalue weighted by atomic mass is 9.82. The second-order valence-electron chi connectivity index (χ2n) is 5.64. The van der Waals surface area contributed by atoms with Crippen LogP contribution in [0.4, 0.5) is 5.69 Å². The molecule has 1 aliphatic rings. The highest BCUT2D eigenvalue weighted by atomic mass is 16.3. The standard InChI is InChI=1S/C17H25NO/c1-3-8-15(14-10-5-4-6-11-14)18-17-13(2)9-7-12-16(17)19/h3,7,9,12,14-15,18-19H,1,4-6,8,10-11H2,2H3. The number of phenolic OH excluding ortho intramolecular Hbond substituents is 1. The number of para-hydroxylation sites is 1. The fraction of sp³-hybridized carbons (Fsp3) is 0.529. The molecule has 0 amide bonds. The Bertz CT molecular complexity index is 401. The zero-order chi connectivity index (χ0) is 13.7. The molecule has 1 aromatic rings. The van der Waals surface area contributed by atoms with Gasteiger partial charge in [0.1, 0.15) is 5.75 Å². The normalized spacial score (nSPS) is 17.9. The average Bonchev–Trinajstić information content (AvgIpc) is 2.43. The van der Waals surface area contributed by atoms with E-state index in [2.05, 4.69) is 11.9 Å². The van der Waals surface area contributed by atoms with E-state index in [0.29, 0.717) is 17.7 Å². The lowest BCUT2D eigenvalue weighted by molar-refractivity contribution is 0.317. The van der Waals surface area contributed by atoms with Crippen molar-refractivity contribution in [1.82, 2.24) is 0 Å². The molecule has 0 spiro atoms. The van der Waals surface area contributed by atoms with E-state index >= 15 is 0 Å². The number of benzene rings is 1. The Balaban J connectivity index is 2.13. The molecule has 1 aliphatic carbocycles. The Morgan fingerprint density at radius 2 is 2.11 bits per heavy atom. The number of phenols is 1. The van der Waals surface area contributed by atoms with Crippen LogP contribution < -0.4 is 5.32 Å². The highest BCUT2D eigenvalue weighted by Gasteiger charge is 2.23. The fourth-order valence-electron chi connectivity index (χ4n) is 3.11. The first-order valence-electron chi connectivity index (χ1n) is 7.38. The zero-order valence-corrected chi connectivity index (χ0v) is 11.9. The summed E-state index contributed by atoms with van der Waals surface area (Å²) in [5, 5.41) is 13.6. The molecular formula is C17H25NO. The molecule has 2 nitrogen and oxygen atoms in total. The molecule has 1 fully saturated rings. The van der Waals surface area contributed by atoms with E-state index in [4.69, 9.17) is 0 Å². The third-order valence-electron chi connectivity index (χ3n) is 4.22. The molecule has 1 unspecified atom stereocenters. The lowest BCUT2D eigenvalue weighted by Gasteiger charge is -2.31. The number of aromatic hydroxyl groups is 1. The monoisotopic (exact) mass is 259 g/mol. The van der Waals surface area contributed by atoms with Crippen molar-refractivity contribution < 1.29 is 5.11 Å². The third-order valence-corrected chi connectivity index (χ3v) is 4.22. The van der Waals surface area contributed by atoms with Crippen LogP contribution in [-0.2, 0) is 0 Å². The molecule has 1 saturated carbocycles. The lowest BCUT2D eigenvalue weighted by Crippen LogP contribution is -2.30. The summed E-state index contributed by atoms with van der Waals surface area (Å²) in [6.45, 7) is 5.91. The van der Waals surface area contributed by atoms with Crippen molar-refractivity contribution in [2.45, 2.75) is 51.5 Å². The Labute approximate surface area is 116 Å². The van der Waals surface area contributed by atoms with E-state index in [1.807, 2.05) is 25.1 Å². The second kappa shape index (κ2) is 6.65. The van der Waals surface area contributed by atoms with Gasteiger partial charge in [-0.05, 0) is 43.7 Å². The second-order valence-corrected chi connectivity index (χ2v) is 5.64. The van der Waals surface area contributed by atoms with Crippen LogP contribution in [0, 0.1) is 12.8 Å². The predicted molar refractivity (Wildman–Crippen MR) is 81.6 cm³/mol. The topological polar surface area (TPSA) is 32.3 Å². The zero-order valence-electron chi connectivity index (χ0n) is 11.9. The molecule has 0 radical (unpaired) electrons. The van der Waals surface area contributed by atoms with Gasteiger partial charge in [-0.1, -0.05) is 37.5 Å². The van der Waals surface area contributed by atoms with Crippen LogP contribution >= 0.6 is 0 Å². The van der Waals surface area contributed by atoms with Gasteiger partial charge in [-0.2, -0.15) is 0 Å². The summed E-state index contributed by atoms with van der Waals surface area (Å²) in [5.41, 5.74) is 1.99. The molecule has 2 rings (SSSR count). The fourth-order valence-corrected chi connectivity index (χ4v) is 3.11. The first-order chi connectivity index (χ1) is 9.22. The van der Waals surface area contributed by atoms with Crippen molar-refractivity contribution in [1.29, 1.82) is 0 Å². The summed E-state index contributed by atoms with van der Waals surface area (Å²) in [4.78, 5) is 0. The molecule has 0 aromatic heterocycles. The van der Waals surface area contributed by atoms with Gasteiger partial charge in [0, 0.05) is 6.04 Å². The summed E-state index contributed by atoms with van der Waals surface area (Å²) in [6.07, 6.45) is 9.56. The van der Waals surface area contributed by atoms with Crippen molar-refractivity contribution in [3.05, 3.63) is 36.4 Å². The largest absolute Gasteiger partial charge is 0.506 e. The highest BCUT2D eigenvalue weighted by Crippen LogP contribution is 2.33. The summed E-state index contributed by atoms with van der Waals surface area (Å²) in [6, 6.07) is 6.07. The van der Waals surface area contributed by atoms with Crippen molar-refractivity contribution in [2.75, 3.05) is 5.32 Å². The van der Waals surface area contributed by atoms with E-state index in [0.717, 1.165) is 17.7 Å². The molecule has 0 bridgehead atoms. The maximum atomic E-state index is 10.0. The summed E-state index contributed by atoms with van der Waals surface area (Å²) in [5.74, 6) is 1.05. The molecular weight excluding hydrogens is 234 g/mol. The summed E-state index contributed by atoms with van der Waals surface area (Å²) < 4.78 is 0. The van der Waals surface area contributed by atoms with Gasteiger partial charge >= 0.3 is 0 Å². The SMILES string of the molecule is C=CCC(Nc1c(C)cccc1O)C1CCCCC1. The van der Waals surface area contributed by atoms with E-state index in [9.17, 15) is 5.11 Å². The van der Waals surface area contributed by atoms with Gasteiger partial charge in [0.15, 0.2) is 0 Å². The van der Waals surface area contributed by atoms with Gasteiger partial charge < -0.3 is 10.4 Å². The summed E-state index contributed by atoms with van der Waals surface area (Å²) in [7, 11) is 0. The van der Waals surface area contributed by atoms with Crippen LogP contribution in [0.5, 0.6) is 5.75 Å².